The van der Waals surface area contributed by atoms with Crippen LogP contribution in [-0.2, 0) is 0 Å². The van der Waals surface area contributed by atoms with Gasteiger partial charge >= 0.3 is 0 Å². The number of aliphatic hydroxyl groups is 2. The second kappa shape index (κ2) is 2.76. The molecule has 2 bridgehead atoms. The number of rotatable bonds is 1. The Hall–Kier alpha value is -0.0800. The molecule has 0 aromatic rings. The highest BCUT2D eigenvalue weighted by atomic mass is 16.3. The van der Waals surface area contributed by atoms with Crippen LogP contribution < -0.4 is 0 Å². The third-order valence-electron chi connectivity index (χ3n) is 3.40. The predicted octanol–water partition coefficient (Wildman–Crippen LogP) is 0.776. The molecule has 2 fully saturated rings. The highest BCUT2D eigenvalue weighted by Crippen LogP contribution is 2.44. The maximum atomic E-state index is 9.64. The fourth-order valence-corrected chi connectivity index (χ4v) is 2.77. The zero-order valence-corrected chi connectivity index (χ0v) is 6.74. The first-order valence-electron chi connectivity index (χ1n) is 4.60. The second-order valence-corrected chi connectivity index (χ2v) is 4.11. The van der Waals surface area contributed by atoms with E-state index in [1.807, 2.05) is 0 Å². The number of aliphatic hydroxyl groups excluding tert-OH is 2. The van der Waals surface area contributed by atoms with Gasteiger partial charge in [0.2, 0.25) is 0 Å². The molecular weight excluding hydrogens is 140 g/mol. The zero-order valence-electron chi connectivity index (χ0n) is 6.74. The lowest BCUT2D eigenvalue weighted by molar-refractivity contribution is 0.0238. The topological polar surface area (TPSA) is 40.5 Å². The first kappa shape index (κ1) is 7.56. The van der Waals surface area contributed by atoms with Gasteiger partial charge in [0.25, 0.3) is 0 Å². The van der Waals surface area contributed by atoms with Crippen LogP contribution >= 0.6 is 0 Å². The Morgan fingerprint density at radius 1 is 1.09 bits per heavy atom. The fraction of sp³-hybridized carbons (Fsp3) is 1.00. The van der Waals surface area contributed by atoms with Crippen LogP contribution in [0.4, 0.5) is 0 Å². The van der Waals surface area contributed by atoms with E-state index in [2.05, 4.69) is 0 Å². The summed E-state index contributed by atoms with van der Waals surface area (Å²) in [7, 11) is 0. The largest absolute Gasteiger partial charge is 0.396 e. The van der Waals surface area contributed by atoms with Crippen molar-refractivity contribution in [1.82, 2.24) is 0 Å². The maximum absolute atomic E-state index is 9.64. The molecule has 2 N–H and O–H groups in total. The van der Waals surface area contributed by atoms with Crippen LogP contribution in [0.15, 0.2) is 0 Å². The van der Waals surface area contributed by atoms with Gasteiger partial charge in [0.1, 0.15) is 0 Å². The Morgan fingerprint density at radius 2 is 1.64 bits per heavy atom. The molecule has 2 aliphatic carbocycles. The van der Waals surface area contributed by atoms with E-state index >= 15 is 0 Å². The average Bonchev–Trinajstić information content (AvgIpc) is 2.26. The fourth-order valence-electron chi connectivity index (χ4n) is 2.77. The summed E-state index contributed by atoms with van der Waals surface area (Å²) in [5.41, 5.74) is 0. The van der Waals surface area contributed by atoms with Gasteiger partial charge in [0, 0.05) is 6.61 Å². The number of fused-ring (bicyclic) bond motifs is 2. The third kappa shape index (κ3) is 1.18. The number of hydrogen-bond donors (Lipinski definition) is 2. The van der Waals surface area contributed by atoms with Crippen LogP contribution in [0, 0.1) is 17.8 Å². The predicted molar refractivity (Wildman–Crippen MR) is 42.0 cm³/mol. The summed E-state index contributed by atoms with van der Waals surface area (Å²) in [5, 5.41) is 18.6. The Kier molecular flexibility index (Phi) is 1.90. The van der Waals surface area contributed by atoms with E-state index in [1.165, 1.54) is 12.8 Å². The summed E-state index contributed by atoms with van der Waals surface area (Å²) < 4.78 is 0. The van der Waals surface area contributed by atoms with Crippen molar-refractivity contribution in [3.8, 4) is 0 Å². The summed E-state index contributed by atoms with van der Waals surface area (Å²) in [6, 6.07) is 0. The molecule has 0 spiro atoms. The molecule has 2 rings (SSSR count). The summed E-state index contributed by atoms with van der Waals surface area (Å²) in [6.07, 6.45) is 4.42. The molecule has 2 saturated carbocycles. The van der Waals surface area contributed by atoms with Crippen LogP contribution in [0.2, 0.25) is 0 Å². The van der Waals surface area contributed by atoms with Crippen LogP contribution in [-0.4, -0.2) is 22.9 Å². The minimum Gasteiger partial charge on any atom is -0.396 e. The molecule has 0 saturated heterocycles. The van der Waals surface area contributed by atoms with Crippen molar-refractivity contribution < 1.29 is 10.2 Å². The van der Waals surface area contributed by atoms with Gasteiger partial charge in [-0.25, -0.2) is 0 Å². The molecule has 0 unspecified atom stereocenters. The molecule has 2 atom stereocenters. The van der Waals surface area contributed by atoms with Gasteiger partial charge in [-0.05, 0) is 43.4 Å². The third-order valence-corrected chi connectivity index (χ3v) is 3.40. The van der Waals surface area contributed by atoms with Gasteiger partial charge in [-0.15, -0.1) is 0 Å². The van der Waals surface area contributed by atoms with Gasteiger partial charge in [-0.1, -0.05) is 0 Å². The Labute approximate surface area is 67.2 Å². The molecule has 2 aliphatic rings. The van der Waals surface area contributed by atoms with Crippen LogP contribution in [0.1, 0.15) is 25.7 Å². The Balaban J connectivity index is 2.02. The van der Waals surface area contributed by atoms with Crippen molar-refractivity contribution in [2.24, 2.45) is 17.8 Å². The van der Waals surface area contributed by atoms with Crippen molar-refractivity contribution in [3.63, 3.8) is 0 Å². The number of hydrogen-bond acceptors (Lipinski definition) is 2. The van der Waals surface area contributed by atoms with Crippen LogP contribution in [0.3, 0.4) is 0 Å². The van der Waals surface area contributed by atoms with Crippen molar-refractivity contribution in [1.29, 1.82) is 0 Å². The molecule has 0 amide bonds. The lowest BCUT2D eigenvalue weighted by Gasteiger charge is -2.30. The lowest BCUT2D eigenvalue weighted by atomic mass is 9.79. The molecular formula is C9H16O2. The molecule has 0 aromatic carbocycles. The average molecular weight is 156 g/mol. The minimum absolute atomic E-state index is 0.0437. The van der Waals surface area contributed by atoms with Crippen LogP contribution in [0.25, 0.3) is 0 Å². The molecule has 11 heavy (non-hydrogen) atoms. The SMILES string of the molecule is OCC1C[C@@H]2CC[C@@H](C1)C2O. The van der Waals surface area contributed by atoms with E-state index in [4.69, 9.17) is 5.11 Å². The van der Waals surface area contributed by atoms with Crippen molar-refractivity contribution in [2.45, 2.75) is 31.8 Å². The zero-order chi connectivity index (χ0) is 7.84. The van der Waals surface area contributed by atoms with E-state index < -0.39 is 0 Å². The quantitative estimate of drug-likeness (QED) is 0.589. The normalized spacial score (nSPS) is 49.6. The van der Waals surface area contributed by atoms with Crippen molar-refractivity contribution in [2.75, 3.05) is 6.61 Å². The van der Waals surface area contributed by atoms with E-state index in [1.54, 1.807) is 0 Å². The van der Waals surface area contributed by atoms with Gasteiger partial charge in [-0.3, -0.25) is 0 Å². The molecule has 2 nitrogen and oxygen atoms in total. The Morgan fingerprint density at radius 3 is 2.09 bits per heavy atom. The van der Waals surface area contributed by atoms with Crippen LogP contribution in [0.5, 0.6) is 0 Å². The van der Waals surface area contributed by atoms with Gasteiger partial charge < -0.3 is 10.2 Å². The van der Waals surface area contributed by atoms with E-state index in [-0.39, 0.29) is 6.10 Å². The van der Waals surface area contributed by atoms with Gasteiger partial charge in [0.05, 0.1) is 6.10 Å². The second-order valence-electron chi connectivity index (χ2n) is 4.11. The smallest absolute Gasteiger partial charge is 0.0596 e. The minimum atomic E-state index is -0.0437. The van der Waals surface area contributed by atoms with E-state index in [0.717, 1.165) is 12.8 Å². The molecule has 64 valence electrons. The molecule has 0 aromatic heterocycles. The monoisotopic (exact) mass is 156 g/mol. The molecule has 2 heteroatoms. The summed E-state index contributed by atoms with van der Waals surface area (Å²) >= 11 is 0. The maximum Gasteiger partial charge on any atom is 0.0596 e. The van der Waals surface area contributed by atoms with Gasteiger partial charge in [0.15, 0.2) is 0 Å². The van der Waals surface area contributed by atoms with Crippen molar-refractivity contribution in [3.05, 3.63) is 0 Å². The first-order chi connectivity index (χ1) is 5.31. The molecule has 0 aliphatic heterocycles. The highest BCUT2D eigenvalue weighted by molar-refractivity contribution is 4.91. The highest BCUT2D eigenvalue weighted by Gasteiger charge is 2.41. The summed E-state index contributed by atoms with van der Waals surface area (Å²) in [4.78, 5) is 0. The molecule has 0 radical (unpaired) electrons. The first-order valence-corrected chi connectivity index (χ1v) is 4.60. The lowest BCUT2D eigenvalue weighted by Crippen LogP contribution is -2.31. The van der Waals surface area contributed by atoms with Gasteiger partial charge in [-0.2, -0.15) is 0 Å². The standard InChI is InChI=1S/C9H16O2/c10-5-6-3-7-1-2-8(4-6)9(7)11/h6-11H,1-5H2/t6?,7-,8-,9?/m0/s1. The molecule has 0 heterocycles. The van der Waals surface area contributed by atoms with E-state index in [0.29, 0.717) is 24.4 Å². The van der Waals surface area contributed by atoms with E-state index in [9.17, 15) is 5.11 Å². The van der Waals surface area contributed by atoms with Crippen molar-refractivity contribution >= 4 is 0 Å². The Bertz CT molecular complexity index is 132. The summed E-state index contributed by atoms with van der Waals surface area (Å²) in [5.74, 6) is 1.49. The summed E-state index contributed by atoms with van der Waals surface area (Å²) in [6.45, 7) is 0.319.